The van der Waals surface area contributed by atoms with Crippen molar-refractivity contribution in [2.45, 2.75) is 0 Å². The maximum Gasteiger partial charge on any atom is 0.339 e. The molecule has 0 saturated heterocycles. The van der Waals surface area contributed by atoms with Crippen LogP contribution in [0.4, 0.5) is 0 Å². The SMILES string of the molecule is COc1cccc(-n2cc(C(=O)O)c(-c3cccs3)n2)c1. The molecule has 6 heteroatoms. The van der Waals surface area contributed by atoms with Gasteiger partial charge in [-0.1, -0.05) is 12.1 Å². The number of rotatable bonds is 4. The van der Waals surface area contributed by atoms with E-state index in [1.807, 2.05) is 35.7 Å². The van der Waals surface area contributed by atoms with Gasteiger partial charge in [0.2, 0.25) is 0 Å². The molecule has 0 aliphatic heterocycles. The third-order valence-corrected chi connectivity index (χ3v) is 3.89. The number of methoxy groups -OCH3 is 1. The second kappa shape index (κ2) is 5.41. The summed E-state index contributed by atoms with van der Waals surface area (Å²) in [5.74, 6) is -0.301. The predicted octanol–water partition coefficient (Wildman–Crippen LogP) is 3.31. The Balaban J connectivity index is 2.12. The molecule has 1 aromatic carbocycles. The van der Waals surface area contributed by atoms with E-state index in [4.69, 9.17) is 4.74 Å². The Morgan fingerprint density at radius 3 is 2.86 bits per heavy atom. The summed E-state index contributed by atoms with van der Waals surface area (Å²) in [6.07, 6.45) is 1.52. The lowest BCUT2D eigenvalue weighted by molar-refractivity contribution is 0.0697. The van der Waals surface area contributed by atoms with Gasteiger partial charge >= 0.3 is 5.97 Å². The van der Waals surface area contributed by atoms with Gasteiger partial charge < -0.3 is 9.84 Å². The van der Waals surface area contributed by atoms with Crippen LogP contribution in [0.15, 0.2) is 48.0 Å². The number of thiophene rings is 1. The van der Waals surface area contributed by atoms with E-state index < -0.39 is 5.97 Å². The van der Waals surface area contributed by atoms with E-state index in [-0.39, 0.29) is 5.56 Å². The van der Waals surface area contributed by atoms with Gasteiger partial charge in [-0.25, -0.2) is 9.48 Å². The molecule has 0 aliphatic carbocycles. The van der Waals surface area contributed by atoms with Gasteiger partial charge in [0, 0.05) is 12.3 Å². The Bertz CT molecular complexity index is 778. The second-order valence-electron chi connectivity index (χ2n) is 4.32. The molecule has 0 unspecified atom stereocenters. The van der Waals surface area contributed by atoms with Gasteiger partial charge in [0.05, 0.1) is 17.7 Å². The van der Waals surface area contributed by atoms with Crippen LogP contribution in [0.3, 0.4) is 0 Å². The third-order valence-electron chi connectivity index (χ3n) is 3.02. The summed E-state index contributed by atoms with van der Waals surface area (Å²) in [5, 5.41) is 15.7. The fraction of sp³-hybridized carbons (Fsp3) is 0.0667. The van der Waals surface area contributed by atoms with E-state index >= 15 is 0 Å². The van der Waals surface area contributed by atoms with Crippen LogP contribution in [0.2, 0.25) is 0 Å². The van der Waals surface area contributed by atoms with Gasteiger partial charge in [0.25, 0.3) is 0 Å². The lowest BCUT2D eigenvalue weighted by Gasteiger charge is -2.03. The molecule has 0 amide bonds. The third kappa shape index (κ3) is 2.53. The molecule has 0 atom stereocenters. The number of ether oxygens (including phenoxy) is 1. The molecule has 1 N–H and O–H groups in total. The van der Waals surface area contributed by atoms with Crippen molar-refractivity contribution < 1.29 is 14.6 Å². The molecule has 106 valence electrons. The first-order valence-electron chi connectivity index (χ1n) is 6.20. The highest BCUT2D eigenvalue weighted by Crippen LogP contribution is 2.28. The number of hydrogen-bond acceptors (Lipinski definition) is 4. The van der Waals surface area contributed by atoms with Crippen LogP contribution in [-0.2, 0) is 0 Å². The monoisotopic (exact) mass is 300 g/mol. The molecule has 0 fully saturated rings. The summed E-state index contributed by atoms with van der Waals surface area (Å²) in [6, 6.07) is 11.0. The average Bonchev–Trinajstić information content (AvgIpc) is 3.16. The standard InChI is InChI=1S/C15H12N2O3S/c1-20-11-5-2-4-10(8-11)17-9-12(15(18)19)14(16-17)13-6-3-7-21-13/h2-9H,1H3,(H,18,19). The number of nitrogens with zero attached hydrogens (tertiary/aromatic N) is 2. The predicted molar refractivity (Wildman–Crippen MR) is 80.4 cm³/mol. The fourth-order valence-electron chi connectivity index (χ4n) is 2.01. The molecule has 2 heterocycles. The summed E-state index contributed by atoms with van der Waals surface area (Å²) < 4.78 is 6.73. The lowest BCUT2D eigenvalue weighted by atomic mass is 10.2. The number of hydrogen-bond donors (Lipinski definition) is 1. The molecular weight excluding hydrogens is 288 g/mol. The summed E-state index contributed by atoms with van der Waals surface area (Å²) in [4.78, 5) is 12.2. The smallest absolute Gasteiger partial charge is 0.339 e. The summed E-state index contributed by atoms with van der Waals surface area (Å²) in [7, 11) is 1.59. The highest BCUT2D eigenvalue weighted by Gasteiger charge is 2.18. The minimum Gasteiger partial charge on any atom is -0.497 e. The van der Waals surface area contributed by atoms with Gasteiger partial charge in [-0.2, -0.15) is 5.10 Å². The number of aromatic nitrogens is 2. The van der Waals surface area contributed by atoms with Gasteiger partial charge in [-0.05, 0) is 23.6 Å². The Hall–Kier alpha value is -2.60. The van der Waals surface area contributed by atoms with Crippen LogP contribution in [0.5, 0.6) is 5.75 Å². The summed E-state index contributed by atoms with van der Waals surface area (Å²) in [6.45, 7) is 0. The molecular formula is C15H12N2O3S. The van der Waals surface area contributed by atoms with Crippen molar-refractivity contribution in [3.8, 4) is 22.0 Å². The Kier molecular flexibility index (Phi) is 3.45. The highest BCUT2D eigenvalue weighted by molar-refractivity contribution is 7.13. The molecule has 0 radical (unpaired) electrons. The number of carbonyl (C=O) groups is 1. The number of carboxylic acid groups (broad SMARTS) is 1. The van der Waals surface area contributed by atoms with Crippen molar-refractivity contribution >= 4 is 17.3 Å². The average molecular weight is 300 g/mol. The van der Waals surface area contributed by atoms with Gasteiger partial charge in [-0.15, -0.1) is 11.3 Å². The van der Waals surface area contributed by atoms with Gasteiger partial charge in [0.1, 0.15) is 17.0 Å². The van der Waals surface area contributed by atoms with Crippen LogP contribution in [-0.4, -0.2) is 28.0 Å². The Morgan fingerprint density at radius 2 is 2.19 bits per heavy atom. The van der Waals surface area contributed by atoms with Crippen LogP contribution < -0.4 is 4.74 Å². The molecule has 0 aliphatic rings. The lowest BCUT2D eigenvalue weighted by Crippen LogP contribution is -1.96. The van der Waals surface area contributed by atoms with Crippen LogP contribution in [0.1, 0.15) is 10.4 Å². The quantitative estimate of drug-likeness (QED) is 0.803. The molecule has 0 saturated carbocycles. The normalized spacial score (nSPS) is 10.5. The van der Waals surface area contributed by atoms with Crippen LogP contribution in [0, 0.1) is 0 Å². The topological polar surface area (TPSA) is 64.3 Å². The van der Waals surface area contributed by atoms with E-state index in [2.05, 4.69) is 5.10 Å². The minimum absolute atomic E-state index is 0.181. The zero-order valence-electron chi connectivity index (χ0n) is 11.2. The number of carboxylic acids is 1. The molecule has 5 nitrogen and oxygen atoms in total. The minimum atomic E-state index is -0.993. The molecule has 3 aromatic rings. The maximum absolute atomic E-state index is 11.4. The van der Waals surface area contributed by atoms with E-state index in [9.17, 15) is 9.90 Å². The van der Waals surface area contributed by atoms with Crippen molar-refractivity contribution in [2.75, 3.05) is 7.11 Å². The van der Waals surface area contributed by atoms with Crippen molar-refractivity contribution in [1.29, 1.82) is 0 Å². The first kappa shape index (κ1) is 13.4. The molecule has 0 bridgehead atoms. The van der Waals surface area contributed by atoms with Gasteiger partial charge in [0.15, 0.2) is 0 Å². The van der Waals surface area contributed by atoms with Crippen molar-refractivity contribution in [3.05, 3.63) is 53.5 Å². The number of aromatic carboxylic acids is 1. The van der Waals surface area contributed by atoms with Crippen molar-refractivity contribution in [3.63, 3.8) is 0 Å². The number of benzene rings is 1. The zero-order chi connectivity index (χ0) is 14.8. The first-order valence-corrected chi connectivity index (χ1v) is 7.08. The van der Waals surface area contributed by atoms with Gasteiger partial charge in [-0.3, -0.25) is 0 Å². The zero-order valence-corrected chi connectivity index (χ0v) is 12.0. The van der Waals surface area contributed by atoms with E-state index in [1.165, 1.54) is 17.5 Å². The summed E-state index contributed by atoms with van der Waals surface area (Å²) >= 11 is 1.46. The largest absolute Gasteiger partial charge is 0.497 e. The Morgan fingerprint density at radius 1 is 1.33 bits per heavy atom. The maximum atomic E-state index is 11.4. The molecule has 3 rings (SSSR count). The van der Waals surface area contributed by atoms with Crippen molar-refractivity contribution in [1.82, 2.24) is 9.78 Å². The van der Waals surface area contributed by atoms with E-state index in [0.29, 0.717) is 11.4 Å². The van der Waals surface area contributed by atoms with Crippen molar-refractivity contribution in [2.24, 2.45) is 0 Å². The Labute approximate surface area is 125 Å². The first-order chi connectivity index (χ1) is 10.2. The van der Waals surface area contributed by atoms with E-state index in [0.717, 1.165) is 10.6 Å². The molecule has 21 heavy (non-hydrogen) atoms. The summed E-state index contributed by atoms with van der Waals surface area (Å²) in [5.41, 5.74) is 1.40. The van der Waals surface area contributed by atoms with E-state index in [1.54, 1.807) is 17.9 Å². The molecule has 0 spiro atoms. The fourth-order valence-corrected chi connectivity index (χ4v) is 2.73. The second-order valence-corrected chi connectivity index (χ2v) is 5.27. The molecule has 2 aromatic heterocycles. The van der Waals surface area contributed by atoms with Crippen LogP contribution in [0.25, 0.3) is 16.3 Å². The highest BCUT2D eigenvalue weighted by atomic mass is 32.1. The van der Waals surface area contributed by atoms with Crippen LogP contribution >= 0.6 is 11.3 Å².